The Hall–Kier alpha value is -0.0400. The molecule has 2 unspecified atom stereocenters. The van der Waals surface area contributed by atoms with Crippen LogP contribution in [0.25, 0.3) is 0 Å². The van der Waals surface area contributed by atoms with Gasteiger partial charge in [0.1, 0.15) is 0 Å². The van der Waals surface area contributed by atoms with Crippen molar-refractivity contribution in [2.24, 2.45) is 5.92 Å². The normalized spacial score (nSPS) is 31.7. The molecule has 0 aromatic heterocycles. The Kier molecular flexibility index (Phi) is 4.43. The van der Waals surface area contributed by atoms with Gasteiger partial charge in [-0.05, 0) is 39.5 Å². The minimum atomic E-state index is 0.952. The first-order chi connectivity index (χ1) is 6.72. The van der Waals surface area contributed by atoms with Crippen molar-refractivity contribution >= 4 is 0 Å². The van der Waals surface area contributed by atoms with Gasteiger partial charge in [-0.2, -0.15) is 0 Å². The molecule has 0 saturated carbocycles. The number of piperidine rings is 1. The lowest BCUT2D eigenvalue weighted by molar-refractivity contribution is -0.956. The first-order valence-electron chi connectivity index (χ1n) is 6.58. The molecule has 14 heavy (non-hydrogen) atoms. The van der Waals surface area contributed by atoms with Gasteiger partial charge in [0, 0.05) is 5.92 Å². The van der Waals surface area contributed by atoms with Gasteiger partial charge in [-0.15, -0.1) is 0 Å². The Morgan fingerprint density at radius 2 is 1.57 bits per heavy atom. The molecule has 1 heteroatoms. The fraction of sp³-hybridized carbons (Fsp3) is 1.00. The molecule has 0 aliphatic carbocycles. The van der Waals surface area contributed by atoms with E-state index in [0.29, 0.717) is 0 Å². The highest BCUT2D eigenvalue weighted by molar-refractivity contribution is 4.71. The maximum Gasteiger partial charge on any atom is 0.0887 e. The van der Waals surface area contributed by atoms with Crippen LogP contribution >= 0.6 is 0 Å². The Labute approximate surface area is 90.1 Å². The number of hydrogen-bond donors (Lipinski definition) is 0. The van der Waals surface area contributed by atoms with Crippen LogP contribution in [0.1, 0.15) is 53.4 Å². The minimum absolute atomic E-state index is 0.952. The summed E-state index contributed by atoms with van der Waals surface area (Å²) in [6, 6.07) is 0.952. The van der Waals surface area contributed by atoms with Crippen molar-refractivity contribution in [1.82, 2.24) is 0 Å². The Balaban J connectivity index is 2.72. The number of likely N-dealkylation sites (tertiary alicyclic amines) is 1. The molecule has 0 aromatic rings. The first-order valence-corrected chi connectivity index (χ1v) is 6.58. The lowest BCUT2D eigenvalue weighted by Gasteiger charge is -2.49. The second kappa shape index (κ2) is 5.16. The maximum absolute atomic E-state index is 2.38. The predicted molar refractivity (Wildman–Crippen MR) is 63.3 cm³/mol. The highest BCUT2D eigenvalue weighted by Gasteiger charge is 2.38. The summed E-state index contributed by atoms with van der Waals surface area (Å²) in [6.07, 6.45) is 5.71. The predicted octanol–water partition coefficient (Wildman–Crippen LogP) is 3.44. The van der Waals surface area contributed by atoms with Crippen LogP contribution in [-0.4, -0.2) is 30.2 Å². The zero-order valence-corrected chi connectivity index (χ0v) is 10.6. The highest BCUT2D eigenvalue weighted by atomic mass is 15.4. The van der Waals surface area contributed by atoms with Crippen LogP contribution < -0.4 is 0 Å². The van der Waals surface area contributed by atoms with Gasteiger partial charge < -0.3 is 4.48 Å². The molecule has 1 aliphatic rings. The quantitative estimate of drug-likeness (QED) is 0.607. The first kappa shape index (κ1) is 12.0. The van der Waals surface area contributed by atoms with E-state index in [9.17, 15) is 0 Å². The number of hydrogen-bond acceptors (Lipinski definition) is 0. The summed E-state index contributed by atoms with van der Waals surface area (Å²) in [7, 11) is 0. The molecule has 0 spiro atoms. The molecule has 1 rings (SSSR count). The van der Waals surface area contributed by atoms with E-state index < -0.39 is 0 Å². The Morgan fingerprint density at radius 1 is 0.929 bits per heavy atom. The van der Waals surface area contributed by atoms with Gasteiger partial charge in [-0.25, -0.2) is 0 Å². The van der Waals surface area contributed by atoms with Gasteiger partial charge in [-0.1, -0.05) is 13.8 Å². The highest BCUT2D eigenvalue weighted by Crippen LogP contribution is 2.32. The Bertz CT molecular complexity index is 161. The summed E-state index contributed by atoms with van der Waals surface area (Å²) >= 11 is 0. The summed E-state index contributed by atoms with van der Waals surface area (Å²) in [5.41, 5.74) is 0. The molecule has 0 radical (unpaired) electrons. The van der Waals surface area contributed by atoms with Gasteiger partial charge in [0.15, 0.2) is 0 Å². The average Bonchev–Trinajstić information content (AvgIpc) is 2.27. The molecular weight excluding hydrogens is 170 g/mol. The smallest absolute Gasteiger partial charge is 0.0887 e. The van der Waals surface area contributed by atoms with Crippen LogP contribution in [0.2, 0.25) is 0 Å². The standard InChI is InChI=1S/C13H28N/c1-5-12-9-10-13(6-2)14(7-3,8-4)11-12/h12-13H,5-11H2,1-4H3/q+1. The second-order valence-electron chi connectivity index (χ2n) is 4.95. The van der Waals surface area contributed by atoms with Crippen LogP contribution in [0.3, 0.4) is 0 Å². The summed E-state index contributed by atoms with van der Waals surface area (Å²) in [6.45, 7) is 13.6. The molecule has 1 nitrogen and oxygen atoms in total. The zero-order chi connectivity index (χ0) is 10.6. The topological polar surface area (TPSA) is 0 Å². The Morgan fingerprint density at radius 3 is 2.00 bits per heavy atom. The van der Waals surface area contributed by atoms with Crippen molar-refractivity contribution in [2.45, 2.75) is 59.4 Å². The largest absolute Gasteiger partial charge is 0.321 e. The van der Waals surface area contributed by atoms with E-state index in [0.717, 1.165) is 12.0 Å². The summed E-state index contributed by atoms with van der Waals surface area (Å²) in [5, 5.41) is 0. The second-order valence-corrected chi connectivity index (χ2v) is 4.95. The van der Waals surface area contributed by atoms with Gasteiger partial charge in [0.25, 0.3) is 0 Å². The SMILES string of the molecule is CCC1CCC(CC)[N+](CC)(CC)C1. The van der Waals surface area contributed by atoms with Gasteiger partial charge in [0.2, 0.25) is 0 Å². The third-order valence-corrected chi connectivity index (χ3v) is 4.61. The fourth-order valence-corrected chi connectivity index (χ4v) is 3.38. The molecule has 1 saturated heterocycles. The molecule has 2 atom stereocenters. The van der Waals surface area contributed by atoms with E-state index in [2.05, 4.69) is 27.7 Å². The molecule has 1 heterocycles. The van der Waals surface area contributed by atoms with Gasteiger partial charge in [0.05, 0.1) is 25.7 Å². The lowest BCUT2D eigenvalue weighted by Crippen LogP contribution is -2.59. The summed E-state index contributed by atoms with van der Waals surface area (Å²) < 4.78 is 1.40. The van der Waals surface area contributed by atoms with Crippen molar-refractivity contribution < 1.29 is 4.48 Å². The van der Waals surface area contributed by atoms with E-state index in [-0.39, 0.29) is 0 Å². The van der Waals surface area contributed by atoms with Crippen molar-refractivity contribution in [2.75, 3.05) is 19.6 Å². The third kappa shape index (κ3) is 2.13. The van der Waals surface area contributed by atoms with Gasteiger partial charge >= 0.3 is 0 Å². The van der Waals surface area contributed by atoms with Crippen molar-refractivity contribution in [3.63, 3.8) is 0 Å². The maximum atomic E-state index is 2.38. The monoisotopic (exact) mass is 198 g/mol. The third-order valence-electron chi connectivity index (χ3n) is 4.61. The molecule has 1 aliphatic heterocycles. The molecule has 0 amide bonds. The minimum Gasteiger partial charge on any atom is -0.321 e. The summed E-state index contributed by atoms with van der Waals surface area (Å²) in [4.78, 5) is 0. The number of rotatable bonds is 4. The number of quaternary nitrogens is 1. The van der Waals surface area contributed by atoms with Crippen LogP contribution in [0.15, 0.2) is 0 Å². The molecule has 1 fully saturated rings. The van der Waals surface area contributed by atoms with Crippen LogP contribution in [-0.2, 0) is 0 Å². The molecule has 0 bridgehead atoms. The van der Waals surface area contributed by atoms with Crippen LogP contribution in [0, 0.1) is 5.92 Å². The average molecular weight is 198 g/mol. The molecule has 84 valence electrons. The van der Waals surface area contributed by atoms with Crippen LogP contribution in [0.4, 0.5) is 0 Å². The van der Waals surface area contributed by atoms with E-state index >= 15 is 0 Å². The van der Waals surface area contributed by atoms with Crippen LogP contribution in [0.5, 0.6) is 0 Å². The lowest BCUT2D eigenvalue weighted by atomic mass is 9.87. The van der Waals surface area contributed by atoms with Gasteiger partial charge in [-0.3, -0.25) is 0 Å². The molecular formula is C13H28N+. The zero-order valence-electron chi connectivity index (χ0n) is 10.6. The van der Waals surface area contributed by atoms with Crippen molar-refractivity contribution in [1.29, 1.82) is 0 Å². The van der Waals surface area contributed by atoms with E-state index in [1.165, 1.54) is 49.8 Å². The van der Waals surface area contributed by atoms with Crippen molar-refractivity contribution in [3.05, 3.63) is 0 Å². The number of nitrogens with zero attached hydrogens (tertiary/aromatic N) is 1. The summed E-state index contributed by atoms with van der Waals surface area (Å²) in [5.74, 6) is 0.998. The molecule has 0 N–H and O–H groups in total. The van der Waals surface area contributed by atoms with E-state index in [4.69, 9.17) is 0 Å². The fourth-order valence-electron chi connectivity index (χ4n) is 3.38. The molecule has 0 aromatic carbocycles. The van der Waals surface area contributed by atoms with Crippen molar-refractivity contribution in [3.8, 4) is 0 Å². The van der Waals surface area contributed by atoms with E-state index in [1.54, 1.807) is 0 Å². The van der Waals surface area contributed by atoms with E-state index in [1.807, 2.05) is 0 Å².